The van der Waals surface area contributed by atoms with E-state index in [-0.39, 0.29) is 0 Å². The van der Waals surface area contributed by atoms with Crippen molar-refractivity contribution in [2.24, 2.45) is 5.41 Å². The Kier molecular flexibility index (Phi) is 5.41. The summed E-state index contributed by atoms with van der Waals surface area (Å²) in [6.07, 6.45) is 1.98. The third kappa shape index (κ3) is 6.04. The lowest BCUT2D eigenvalue weighted by molar-refractivity contribution is 0.201. The van der Waals surface area contributed by atoms with Crippen LogP contribution in [-0.4, -0.2) is 18.0 Å². The summed E-state index contributed by atoms with van der Waals surface area (Å²) in [4.78, 5) is 2.43. The van der Waals surface area contributed by atoms with Crippen molar-refractivity contribution in [2.45, 2.75) is 27.3 Å². The van der Waals surface area contributed by atoms with Crippen LogP contribution in [0.3, 0.4) is 0 Å². The quantitative estimate of drug-likeness (QED) is 0.724. The second-order valence-corrected chi connectivity index (χ2v) is 6.56. The molecule has 0 saturated carbocycles. The Bertz CT molecular complexity index is 365. The molecule has 2 heteroatoms. The third-order valence-corrected chi connectivity index (χ3v) is 2.87. The van der Waals surface area contributed by atoms with Crippen LogP contribution in [0.5, 0.6) is 0 Å². The Hall–Kier alpha value is -0.600. The van der Waals surface area contributed by atoms with E-state index in [0.717, 1.165) is 24.1 Å². The Morgan fingerprint density at radius 1 is 1.35 bits per heavy atom. The minimum atomic E-state index is 0.315. The molecule has 1 aromatic carbocycles. The maximum absolute atomic E-state index is 3.84. The summed E-state index contributed by atoms with van der Waals surface area (Å²) in [5, 5.41) is 0. The predicted molar refractivity (Wildman–Crippen MR) is 79.1 cm³/mol. The number of nitrogens with zero attached hydrogens (tertiary/aromatic N) is 1. The second-order valence-electron chi connectivity index (χ2n) is 5.65. The van der Waals surface area contributed by atoms with Crippen LogP contribution in [0.15, 0.2) is 41.4 Å². The van der Waals surface area contributed by atoms with Gasteiger partial charge in [-0.15, -0.1) is 6.58 Å². The van der Waals surface area contributed by atoms with Crippen LogP contribution in [0.2, 0.25) is 0 Å². The molecule has 0 bridgehead atoms. The molecule has 1 nitrogen and oxygen atoms in total. The van der Waals surface area contributed by atoms with E-state index in [1.807, 2.05) is 6.08 Å². The van der Waals surface area contributed by atoms with E-state index < -0.39 is 0 Å². The van der Waals surface area contributed by atoms with Crippen molar-refractivity contribution >= 4 is 15.9 Å². The van der Waals surface area contributed by atoms with Crippen LogP contribution >= 0.6 is 15.9 Å². The lowest BCUT2D eigenvalue weighted by Crippen LogP contribution is -2.32. The predicted octanol–water partition coefficient (Wildman–Crippen LogP) is 4.48. The maximum Gasteiger partial charge on any atom is 0.0237 e. The molecule has 94 valence electrons. The van der Waals surface area contributed by atoms with Gasteiger partial charge in [0.15, 0.2) is 0 Å². The molecular formula is C15H22BrN. The molecular weight excluding hydrogens is 274 g/mol. The molecule has 0 radical (unpaired) electrons. The molecule has 0 aliphatic rings. The second kappa shape index (κ2) is 6.36. The fourth-order valence-electron chi connectivity index (χ4n) is 1.93. The highest BCUT2D eigenvalue weighted by molar-refractivity contribution is 9.10. The highest BCUT2D eigenvalue weighted by Gasteiger charge is 2.15. The van der Waals surface area contributed by atoms with Gasteiger partial charge in [-0.1, -0.05) is 54.9 Å². The van der Waals surface area contributed by atoms with E-state index in [9.17, 15) is 0 Å². The monoisotopic (exact) mass is 295 g/mol. The summed E-state index contributed by atoms with van der Waals surface area (Å²) in [5.74, 6) is 0. The Labute approximate surface area is 114 Å². The van der Waals surface area contributed by atoms with Crippen LogP contribution < -0.4 is 0 Å². The zero-order chi connectivity index (χ0) is 12.9. The molecule has 0 amide bonds. The van der Waals surface area contributed by atoms with Gasteiger partial charge < -0.3 is 0 Å². The molecule has 0 saturated heterocycles. The molecule has 1 aromatic rings. The summed E-state index contributed by atoms with van der Waals surface area (Å²) >= 11 is 3.51. The van der Waals surface area contributed by atoms with Gasteiger partial charge in [0.2, 0.25) is 0 Å². The largest absolute Gasteiger partial charge is 0.295 e. The number of benzene rings is 1. The fraction of sp³-hybridized carbons (Fsp3) is 0.467. The van der Waals surface area contributed by atoms with Crippen molar-refractivity contribution in [3.8, 4) is 0 Å². The van der Waals surface area contributed by atoms with E-state index in [1.165, 1.54) is 5.56 Å². The molecule has 0 aliphatic carbocycles. The zero-order valence-electron chi connectivity index (χ0n) is 11.0. The minimum Gasteiger partial charge on any atom is -0.295 e. The van der Waals surface area contributed by atoms with E-state index in [4.69, 9.17) is 0 Å². The molecule has 0 fully saturated rings. The van der Waals surface area contributed by atoms with Gasteiger partial charge in [0, 0.05) is 24.1 Å². The van der Waals surface area contributed by atoms with Crippen LogP contribution in [0.4, 0.5) is 0 Å². The van der Waals surface area contributed by atoms with Crippen LogP contribution in [-0.2, 0) is 6.54 Å². The molecule has 1 rings (SSSR count). The summed E-state index contributed by atoms with van der Waals surface area (Å²) in [6.45, 7) is 13.6. The maximum atomic E-state index is 3.84. The van der Waals surface area contributed by atoms with E-state index in [0.29, 0.717) is 5.41 Å². The van der Waals surface area contributed by atoms with Crippen molar-refractivity contribution in [1.82, 2.24) is 4.90 Å². The van der Waals surface area contributed by atoms with E-state index >= 15 is 0 Å². The first-order chi connectivity index (χ1) is 7.90. The van der Waals surface area contributed by atoms with E-state index in [1.54, 1.807) is 0 Å². The van der Waals surface area contributed by atoms with Crippen molar-refractivity contribution in [3.05, 3.63) is 47.0 Å². The third-order valence-electron chi connectivity index (χ3n) is 2.38. The average molecular weight is 296 g/mol. The molecule has 0 heterocycles. The fourth-order valence-corrected chi connectivity index (χ4v) is 2.38. The first kappa shape index (κ1) is 14.5. The van der Waals surface area contributed by atoms with Gasteiger partial charge in [0.05, 0.1) is 0 Å². The summed E-state index contributed by atoms with van der Waals surface area (Å²) in [6, 6.07) is 8.50. The lowest BCUT2D eigenvalue weighted by atomic mass is 9.96. The summed E-state index contributed by atoms with van der Waals surface area (Å²) < 4.78 is 1.14. The van der Waals surface area contributed by atoms with Gasteiger partial charge in [-0.25, -0.2) is 0 Å². The zero-order valence-corrected chi connectivity index (χ0v) is 12.6. The van der Waals surface area contributed by atoms with Crippen molar-refractivity contribution < 1.29 is 0 Å². The lowest BCUT2D eigenvalue weighted by Gasteiger charge is -2.29. The van der Waals surface area contributed by atoms with Crippen LogP contribution in [0.1, 0.15) is 26.3 Å². The van der Waals surface area contributed by atoms with Gasteiger partial charge >= 0.3 is 0 Å². The molecule has 0 atom stereocenters. The van der Waals surface area contributed by atoms with Gasteiger partial charge in [-0.05, 0) is 23.1 Å². The first-order valence-corrected chi connectivity index (χ1v) is 6.78. The molecule has 0 unspecified atom stereocenters. The molecule has 0 N–H and O–H groups in total. The highest BCUT2D eigenvalue weighted by atomic mass is 79.9. The SMILES string of the molecule is C=CCN(Cc1cccc(Br)c1)CC(C)(C)C. The number of hydrogen-bond donors (Lipinski definition) is 0. The molecule has 17 heavy (non-hydrogen) atoms. The molecule has 0 aromatic heterocycles. The summed E-state index contributed by atoms with van der Waals surface area (Å²) in [7, 11) is 0. The molecule has 0 spiro atoms. The minimum absolute atomic E-state index is 0.315. The van der Waals surface area contributed by atoms with Crippen LogP contribution in [0, 0.1) is 5.41 Å². The average Bonchev–Trinajstić information content (AvgIpc) is 2.15. The Balaban J connectivity index is 2.69. The van der Waals surface area contributed by atoms with Gasteiger partial charge in [-0.3, -0.25) is 4.90 Å². The standard InChI is InChI=1S/C15H22BrN/c1-5-9-17(12-15(2,3)4)11-13-7-6-8-14(16)10-13/h5-8,10H,1,9,11-12H2,2-4H3. The van der Waals surface area contributed by atoms with Crippen molar-refractivity contribution in [1.29, 1.82) is 0 Å². The Morgan fingerprint density at radius 3 is 2.59 bits per heavy atom. The number of hydrogen-bond acceptors (Lipinski definition) is 1. The first-order valence-electron chi connectivity index (χ1n) is 5.98. The topological polar surface area (TPSA) is 3.24 Å². The van der Waals surface area contributed by atoms with Gasteiger partial charge in [0.25, 0.3) is 0 Å². The normalized spacial score (nSPS) is 11.8. The Morgan fingerprint density at radius 2 is 2.06 bits per heavy atom. The molecule has 0 aliphatic heterocycles. The number of rotatable bonds is 5. The highest BCUT2D eigenvalue weighted by Crippen LogP contribution is 2.18. The van der Waals surface area contributed by atoms with Crippen LogP contribution in [0.25, 0.3) is 0 Å². The van der Waals surface area contributed by atoms with E-state index in [2.05, 4.69) is 72.4 Å². The van der Waals surface area contributed by atoms with Crippen molar-refractivity contribution in [3.63, 3.8) is 0 Å². The summed E-state index contributed by atoms with van der Waals surface area (Å²) in [5.41, 5.74) is 1.65. The van der Waals surface area contributed by atoms with Gasteiger partial charge in [-0.2, -0.15) is 0 Å². The number of halogens is 1. The smallest absolute Gasteiger partial charge is 0.0237 e. The van der Waals surface area contributed by atoms with Crippen molar-refractivity contribution in [2.75, 3.05) is 13.1 Å². The van der Waals surface area contributed by atoms with Gasteiger partial charge in [0.1, 0.15) is 0 Å².